The molecule has 0 aliphatic carbocycles. The SMILES string of the molecule is CCC(C)N(C)C(=O)N[C@@H](C(=O)O)c1ccccc1Cl. The molecule has 20 heavy (non-hydrogen) atoms. The van der Waals surface area contributed by atoms with Gasteiger partial charge in [0.2, 0.25) is 0 Å². The number of hydrogen-bond donors (Lipinski definition) is 2. The van der Waals surface area contributed by atoms with Crippen molar-refractivity contribution in [1.82, 2.24) is 10.2 Å². The van der Waals surface area contributed by atoms with Crippen LogP contribution in [0.3, 0.4) is 0 Å². The number of carboxylic acids is 1. The van der Waals surface area contributed by atoms with Gasteiger partial charge >= 0.3 is 12.0 Å². The van der Waals surface area contributed by atoms with Crippen LogP contribution < -0.4 is 5.32 Å². The second-order valence-electron chi connectivity index (χ2n) is 4.61. The van der Waals surface area contributed by atoms with Gasteiger partial charge in [0.1, 0.15) is 0 Å². The van der Waals surface area contributed by atoms with Crippen molar-refractivity contribution in [2.75, 3.05) is 7.05 Å². The third kappa shape index (κ3) is 3.87. The number of aliphatic carboxylic acids is 1. The smallest absolute Gasteiger partial charge is 0.331 e. The molecule has 2 amide bonds. The van der Waals surface area contributed by atoms with Crippen LogP contribution in [0.15, 0.2) is 24.3 Å². The van der Waals surface area contributed by atoms with E-state index in [0.717, 1.165) is 6.42 Å². The van der Waals surface area contributed by atoms with Gasteiger partial charge in [-0.3, -0.25) is 0 Å². The molecule has 2 atom stereocenters. The Morgan fingerprint density at radius 1 is 1.40 bits per heavy atom. The molecule has 0 heterocycles. The predicted octanol–water partition coefficient (Wildman–Crippen LogP) is 2.91. The monoisotopic (exact) mass is 298 g/mol. The van der Waals surface area contributed by atoms with E-state index >= 15 is 0 Å². The van der Waals surface area contributed by atoms with Gasteiger partial charge in [-0.1, -0.05) is 36.7 Å². The number of carbonyl (C=O) groups excluding carboxylic acids is 1. The summed E-state index contributed by atoms with van der Waals surface area (Å²) in [6, 6.07) is 4.99. The molecule has 0 bridgehead atoms. The van der Waals surface area contributed by atoms with E-state index in [4.69, 9.17) is 11.6 Å². The number of carboxylic acid groups (broad SMARTS) is 1. The molecule has 0 saturated heterocycles. The molecule has 0 aromatic heterocycles. The number of urea groups is 1. The largest absolute Gasteiger partial charge is 0.479 e. The van der Waals surface area contributed by atoms with Crippen LogP contribution in [0.2, 0.25) is 5.02 Å². The molecule has 0 aliphatic rings. The Bertz CT molecular complexity index is 493. The van der Waals surface area contributed by atoms with Crippen LogP contribution in [0.4, 0.5) is 4.79 Å². The lowest BCUT2D eigenvalue weighted by atomic mass is 10.1. The van der Waals surface area contributed by atoms with Crippen molar-refractivity contribution in [3.05, 3.63) is 34.9 Å². The fourth-order valence-electron chi connectivity index (χ4n) is 1.68. The molecule has 1 aromatic rings. The van der Waals surface area contributed by atoms with E-state index in [1.54, 1.807) is 31.3 Å². The first-order chi connectivity index (χ1) is 9.38. The molecule has 6 heteroatoms. The molecule has 0 fully saturated rings. The number of amides is 2. The molecule has 0 radical (unpaired) electrons. The third-order valence-electron chi connectivity index (χ3n) is 3.30. The maximum Gasteiger partial charge on any atom is 0.331 e. The average molecular weight is 299 g/mol. The summed E-state index contributed by atoms with van der Waals surface area (Å²) in [5.74, 6) is -1.15. The van der Waals surface area contributed by atoms with Crippen molar-refractivity contribution in [2.45, 2.75) is 32.4 Å². The zero-order valence-electron chi connectivity index (χ0n) is 11.8. The first kappa shape index (κ1) is 16.3. The highest BCUT2D eigenvalue weighted by Crippen LogP contribution is 2.23. The third-order valence-corrected chi connectivity index (χ3v) is 3.65. The molecule has 0 spiro atoms. The Morgan fingerprint density at radius 3 is 2.50 bits per heavy atom. The van der Waals surface area contributed by atoms with Crippen LogP contribution in [0.25, 0.3) is 0 Å². The van der Waals surface area contributed by atoms with Crippen LogP contribution in [0.5, 0.6) is 0 Å². The van der Waals surface area contributed by atoms with Gasteiger partial charge in [-0.05, 0) is 19.4 Å². The number of hydrogen-bond acceptors (Lipinski definition) is 2. The number of nitrogens with one attached hydrogen (secondary N) is 1. The molecule has 0 saturated carbocycles. The lowest BCUT2D eigenvalue weighted by Crippen LogP contribution is -2.45. The van der Waals surface area contributed by atoms with Gasteiger partial charge < -0.3 is 15.3 Å². The Morgan fingerprint density at radius 2 is 2.00 bits per heavy atom. The van der Waals surface area contributed by atoms with Gasteiger partial charge in [-0.15, -0.1) is 0 Å². The maximum absolute atomic E-state index is 12.1. The van der Waals surface area contributed by atoms with Crippen LogP contribution in [-0.2, 0) is 4.79 Å². The molecule has 5 nitrogen and oxygen atoms in total. The zero-order chi connectivity index (χ0) is 15.3. The summed E-state index contributed by atoms with van der Waals surface area (Å²) >= 11 is 5.99. The van der Waals surface area contributed by atoms with Crippen molar-refractivity contribution < 1.29 is 14.7 Å². The predicted molar refractivity (Wildman–Crippen MR) is 77.9 cm³/mol. The summed E-state index contributed by atoms with van der Waals surface area (Å²) in [4.78, 5) is 24.9. The van der Waals surface area contributed by atoms with E-state index in [0.29, 0.717) is 10.6 Å². The fraction of sp³-hybridized carbons (Fsp3) is 0.429. The molecular weight excluding hydrogens is 280 g/mol. The molecule has 1 rings (SSSR count). The molecule has 1 unspecified atom stereocenters. The standard InChI is InChI=1S/C14H19ClN2O3/c1-4-9(2)17(3)14(20)16-12(13(18)19)10-7-5-6-8-11(10)15/h5-9,12H,4H2,1-3H3,(H,16,20)(H,18,19)/t9?,12-/m1/s1. The highest BCUT2D eigenvalue weighted by Gasteiger charge is 2.26. The van der Waals surface area contributed by atoms with E-state index in [9.17, 15) is 14.7 Å². The molecule has 1 aromatic carbocycles. The minimum absolute atomic E-state index is 0.0238. The number of nitrogens with zero attached hydrogens (tertiary/aromatic N) is 1. The van der Waals surface area contributed by atoms with Gasteiger partial charge in [0.05, 0.1) is 0 Å². The summed E-state index contributed by atoms with van der Waals surface area (Å²) in [7, 11) is 1.63. The second kappa shape index (κ2) is 7.14. The quantitative estimate of drug-likeness (QED) is 0.878. The van der Waals surface area contributed by atoms with Crippen molar-refractivity contribution in [3.63, 3.8) is 0 Å². The summed E-state index contributed by atoms with van der Waals surface area (Å²) in [5, 5.41) is 12.1. The van der Waals surface area contributed by atoms with E-state index in [1.807, 2.05) is 13.8 Å². The molecule has 2 N–H and O–H groups in total. The Kier molecular flexibility index (Phi) is 5.82. The summed E-state index contributed by atoms with van der Waals surface area (Å²) in [6.07, 6.45) is 0.785. The van der Waals surface area contributed by atoms with Gasteiger partial charge in [-0.25, -0.2) is 9.59 Å². The van der Waals surface area contributed by atoms with Gasteiger partial charge in [0, 0.05) is 23.7 Å². The van der Waals surface area contributed by atoms with Crippen molar-refractivity contribution in [2.24, 2.45) is 0 Å². The van der Waals surface area contributed by atoms with Crippen LogP contribution in [0.1, 0.15) is 31.9 Å². The molecular formula is C14H19ClN2O3. The second-order valence-corrected chi connectivity index (χ2v) is 5.02. The lowest BCUT2D eigenvalue weighted by molar-refractivity contribution is -0.139. The molecule has 110 valence electrons. The van der Waals surface area contributed by atoms with Crippen LogP contribution in [-0.4, -0.2) is 35.1 Å². The Balaban J connectivity index is 2.92. The van der Waals surface area contributed by atoms with E-state index in [-0.39, 0.29) is 6.04 Å². The van der Waals surface area contributed by atoms with Crippen LogP contribution >= 0.6 is 11.6 Å². The Labute approximate surface area is 123 Å². The number of halogens is 1. The van der Waals surface area contributed by atoms with Crippen molar-refractivity contribution >= 4 is 23.6 Å². The van der Waals surface area contributed by atoms with Crippen molar-refractivity contribution in [3.8, 4) is 0 Å². The average Bonchev–Trinajstić information content (AvgIpc) is 2.43. The van der Waals surface area contributed by atoms with Crippen LogP contribution in [0, 0.1) is 0 Å². The van der Waals surface area contributed by atoms with E-state index < -0.39 is 18.0 Å². The van der Waals surface area contributed by atoms with Gasteiger partial charge in [0.15, 0.2) is 6.04 Å². The maximum atomic E-state index is 12.1. The summed E-state index contributed by atoms with van der Waals surface area (Å²) in [6.45, 7) is 3.85. The number of rotatable bonds is 5. The normalized spacial score (nSPS) is 13.4. The minimum Gasteiger partial charge on any atom is -0.479 e. The Hall–Kier alpha value is -1.75. The first-order valence-electron chi connectivity index (χ1n) is 6.39. The lowest BCUT2D eigenvalue weighted by Gasteiger charge is -2.26. The van der Waals surface area contributed by atoms with E-state index in [1.165, 1.54) is 4.90 Å². The zero-order valence-corrected chi connectivity index (χ0v) is 12.5. The number of benzene rings is 1. The summed E-state index contributed by atoms with van der Waals surface area (Å²) in [5.41, 5.74) is 0.368. The summed E-state index contributed by atoms with van der Waals surface area (Å²) < 4.78 is 0. The highest BCUT2D eigenvalue weighted by atomic mass is 35.5. The topological polar surface area (TPSA) is 69.6 Å². The minimum atomic E-state index is -1.16. The van der Waals surface area contributed by atoms with Crippen molar-refractivity contribution in [1.29, 1.82) is 0 Å². The highest BCUT2D eigenvalue weighted by molar-refractivity contribution is 6.31. The van der Waals surface area contributed by atoms with Gasteiger partial charge in [0.25, 0.3) is 0 Å². The van der Waals surface area contributed by atoms with E-state index in [2.05, 4.69) is 5.32 Å². The number of carbonyl (C=O) groups is 2. The fourth-order valence-corrected chi connectivity index (χ4v) is 1.93. The first-order valence-corrected chi connectivity index (χ1v) is 6.76. The molecule has 0 aliphatic heterocycles. The van der Waals surface area contributed by atoms with Gasteiger partial charge in [-0.2, -0.15) is 0 Å².